The van der Waals surface area contributed by atoms with Crippen molar-refractivity contribution < 1.29 is 19.1 Å². The standard InChI is InChI=1S/C22H15BrN2O4S/c1-3-8-25-21(26)19(30-22(25)27)11-14-9-17(23)20(18(10-14)28-2)29-13-16-7-5-4-6-15(16)12-24/h1,4-7,9-11H,8,13H2,2H3/b19-11+. The summed E-state index contributed by atoms with van der Waals surface area (Å²) in [7, 11) is 1.50. The van der Waals surface area contributed by atoms with Crippen molar-refractivity contribution in [3.63, 3.8) is 0 Å². The number of hydrogen-bond acceptors (Lipinski definition) is 6. The number of halogens is 1. The summed E-state index contributed by atoms with van der Waals surface area (Å²) in [6.07, 6.45) is 6.82. The lowest BCUT2D eigenvalue weighted by Crippen LogP contribution is -2.28. The molecule has 2 aromatic rings. The summed E-state index contributed by atoms with van der Waals surface area (Å²) in [5, 5.41) is 8.82. The molecule has 0 aromatic heterocycles. The molecule has 0 spiro atoms. The zero-order valence-corrected chi connectivity index (χ0v) is 18.2. The maximum absolute atomic E-state index is 12.4. The van der Waals surface area contributed by atoms with Gasteiger partial charge in [-0.15, -0.1) is 6.42 Å². The van der Waals surface area contributed by atoms with E-state index < -0.39 is 11.1 Å². The fourth-order valence-corrected chi connectivity index (χ4v) is 4.16. The largest absolute Gasteiger partial charge is 0.493 e. The Kier molecular flexibility index (Phi) is 6.83. The summed E-state index contributed by atoms with van der Waals surface area (Å²) in [5.41, 5.74) is 1.93. The molecule has 0 radical (unpaired) electrons. The minimum atomic E-state index is -0.425. The van der Waals surface area contributed by atoms with Gasteiger partial charge in [-0.3, -0.25) is 14.5 Å². The van der Waals surface area contributed by atoms with Gasteiger partial charge in [-0.2, -0.15) is 5.26 Å². The van der Waals surface area contributed by atoms with Gasteiger partial charge in [-0.25, -0.2) is 0 Å². The van der Waals surface area contributed by atoms with Gasteiger partial charge in [0.2, 0.25) is 0 Å². The molecule has 6 nitrogen and oxygen atoms in total. The highest BCUT2D eigenvalue weighted by Crippen LogP contribution is 2.39. The molecule has 2 aromatic carbocycles. The SMILES string of the molecule is C#CCN1C(=O)S/C(=C/c2cc(Br)c(OCc3ccccc3C#N)c(OC)c2)C1=O. The molecule has 8 heteroatoms. The number of carbonyl (C=O) groups is 2. The van der Waals surface area contributed by atoms with Crippen molar-refractivity contribution in [2.75, 3.05) is 13.7 Å². The van der Waals surface area contributed by atoms with E-state index in [1.807, 2.05) is 12.1 Å². The predicted octanol–water partition coefficient (Wildman–Crippen LogP) is 4.58. The smallest absolute Gasteiger partial charge is 0.294 e. The maximum Gasteiger partial charge on any atom is 0.294 e. The van der Waals surface area contributed by atoms with Gasteiger partial charge < -0.3 is 9.47 Å². The van der Waals surface area contributed by atoms with Crippen LogP contribution in [0.3, 0.4) is 0 Å². The minimum absolute atomic E-state index is 0.0635. The summed E-state index contributed by atoms with van der Waals surface area (Å²) in [6.45, 7) is 0.120. The van der Waals surface area contributed by atoms with Crippen LogP contribution in [-0.4, -0.2) is 29.7 Å². The summed E-state index contributed by atoms with van der Waals surface area (Å²) in [4.78, 5) is 25.6. The zero-order chi connectivity index (χ0) is 21.7. The molecule has 1 aliphatic heterocycles. The topological polar surface area (TPSA) is 79.6 Å². The first-order chi connectivity index (χ1) is 14.5. The fraction of sp³-hybridized carbons (Fsp3) is 0.136. The molecule has 3 rings (SSSR count). The van der Waals surface area contributed by atoms with Gasteiger partial charge in [0.15, 0.2) is 11.5 Å². The molecule has 0 aliphatic carbocycles. The van der Waals surface area contributed by atoms with Crippen LogP contribution in [0.2, 0.25) is 0 Å². The van der Waals surface area contributed by atoms with Crippen molar-refractivity contribution in [3.05, 3.63) is 62.5 Å². The van der Waals surface area contributed by atoms with E-state index in [4.69, 9.17) is 15.9 Å². The van der Waals surface area contributed by atoms with Gasteiger partial charge in [0.1, 0.15) is 6.61 Å². The van der Waals surface area contributed by atoms with Crippen molar-refractivity contribution in [1.29, 1.82) is 5.26 Å². The second-order valence-corrected chi connectivity index (χ2v) is 7.91. The Morgan fingerprint density at radius 3 is 2.77 bits per heavy atom. The number of rotatable bonds is 6. The molecule has 1 heterocycles. The lowest BCUT2D eigenvalue weighted by atomic mass is 10.1. The number of methoxy groups -OCH3 is 1. The van der Waals surface area contributed by atoms with Gasteiger partial charge in [-0.1, -0.05) is 24.1 Å². The van der Waals surface area contributed by atoms with Gasteiger partial charge in [0, 0.05) is 5.56 Å². The molecule has 1 aliphatic rings. The summed E-state index contributed by atoms with van der Waals surface area (Å²) >= 11 is 4.30. The van der Waals surface area contributed by atoms with E-state index in [2.05, 4.69) is 27.9 Å². The Morgan fingerprint density at radius 2 is 2.07 bits per heavy atom. The van der Waals surface area contributed by atoms with Crippen LogP contribution in [0.5, 0.6) is 11.5 Å². The van der Waals surface area contributed by atoms with Crippen molar-refractivity contribution in [2.24, 2.45) is 0 Å². The lowest BCUT2D eigenvalue weighted by molar-refractivity contribution is -0.122. The average molecular weight is 483 g/mol. The van der Waals surface area contributed by atoms with Gasteiger partial charge in [0.05, 0.1) is 34.7 Å². The van der Waals surface area contributed by atoms with Gasteiger partial charge in [0.25, 0.3) is 11.1 Å². The quantitative estimate of drug-likeness (QED) is 0.442. The van der Waals surface area contributed by atoms with E-state index in [0.29, 0.717) is 27.1 Å². The third-order valence-corrected chi connectivity index (χ3v) is 5.68. The Bertz CT molecular complexity index is 1130. The molecule has 0 unspecified atom stereocenters. The first kappa shape index (κ1) is 21.5. The van der Waals surface area contributed by atoms with Crippen molar-refractivity contribution >= 4 is 44.9 Å². The first-order valence-electron chi connectivity index (χ1n) is 8.65. The van der Waals surface area contributed by atoms with Crippen LogP contribution in [0, 0.1) is 23.7 Å². The summed E-state index contributed by atoms with van der Waals surface area (Å²) in [5.74, 6) is 2.78. The molecule has 0 saturated carbocycles. The normalized spacial score (nSPS) is 14.5. The Balaban J connectivity index is 1.86. The van der Waals surface area contributed by atoms with Crippen LogP contribution in [0.15, 0.2) is 45.8 Å². The monoisotopic (exact) mass is 482 g/mol. The Hall–Kier alpha value is -3.20. The highest BCUT2D eigenvalue weighted by atomic mass is 79.9. The van der Waals surface area contributed by atoms with E-state index in [-0.39, 0.29) is 18.1 Å². The number of ether oxygens (including phenoxy) is 2. The molecule has 30 heavy (non-hydrogen) atoms. The Labute approximate surface area is 186 Å². The molecule has 0 bridgehead atoms. The van der Waals surface area contributed by atoms with E-state index in [9.17, 15) is 14.9 Å². The van der Waals surface area contributed by atoms with E-state index in [1.54, 1.807) is 30.3 Å². The molecule has 1 fully saturated rings. The highest BCUT2D eigenvalue weighted by molar-refractivity contribution is 9.10. The van der Waals surface area contributed by atoms with Crippen LogP contribution in [0.25, 0.3) is 6.08 Å². The zero-order valence-electron chi connectivity index (χ0n) is 15.8. The number of imide groups is 1. The number of thioether (sulfide) groups is 1. The first-order valence-corrected chi connectivity index (χ1v) is 10.3. The number of terminal acetylenes is 1. The van der Waals surface area contributed by atoms with Crippen LogP contribution in [0.4, 0.5) is 4.79 Å². The Morgan fingerprint density at radius 1 is 1.30 bits per heavy atom. The summed E-state index contributed by atoms with van der Waals surface area (Å²) < 4.78 is 11.9. The minimum Gasteiger partial charge on any atom is -0.493 e. The van der Waals surface area contributed by atoms with Gasteiger partial charge >= 0.3 is 0 Å². The van der Waals surface area contributed by atoms with Gasteiger partial charge in [-0.05, 0) is 57.5 Å². The van der Waals surface area contributed by atoms with E-state index in [0.717, 1.165) is 22.2 Å². The second kappa shape index (κ2) is 9.53. The van der Waals surface area contributed by atoms with Crippen LogP contribution < -0.4 is 9.47 Å². The van der Waals surface area contributed by atoms with Crippen LogP contribution in [-0.2, 0) is 11.4 Å². The van der Waals surface area contributed by atoms with Crippen molar-refractivity contribution in [2.45, 2.75) is 6.61 Å². The number of hydrogen-bond donors (Lipinski definition) is 0. The molecule has 150 valence electrons. The maximum atomic E-state index is 12.4. The molecular formula is C22H15BrN2O4S. The second-order valence-electron chi connectivity index (χ2n) is 6.06. The average Bonchev–Trinajstić information content (AvgIpc) is 3.00. The van der Waals surface area contributed by atoms with E-state index in [1.165, 1.54) is 7.11 Å². The molecule has 2 amide bonds. The summed E-state index contributed by atoms with van der Waals surface area (Å²) in [6, 6.07) is 12.8. The third kappa shape index (κ3) is 4.51. The third-order valence-electron chi connectivity index (χ3n) is 4.18. The van der Waals surface area contributed by atoms with Crippen LogP contribution in [0.1, 0.15) is 16.7 Å². The van der Waals surface area contributed by atoms with Crippen molar-refractivity contribution in [3.8, 4) is 29.9 Å². The van der Waals surface area contributed by atoms with Crippen LogP contribution >= 0.6 is 27.7 Å². The number of benzene rings is 2. The number of nitriles is 1. The number of amides is 2. The lowest BCUT2D eigenvalue weighted by Gasteiger charge is -2.14. The van der Waals surface area contributed by atoms with Crippen molar-refractivity contribution in [1.82, 2.24) is 4.90 Å². The molecule has 0 N–H and O–H groups in total. The molecule has 1 saturated heterocycles. The highest BCUT2D eigenvalue weighted by Gasteiger charge is 2.34. The van der Waals surface area contributed by atoms with E-state index >= 15 is 0 Å². The fourth-order valence-electron chi connectivity index (χ4n) is 2.75. The number of nitrogens with zero attached hydrogens (tertiary/aromatic N) is 2. The molecule has 0 atom stereocenters. The predicted molar refractivity (Wildman–Crippen MR) is 118 cm³/mol. The molecular weight excluding hydrogens is 468 g/mol. The number of carbonyl (C=O) groups excluding carboxylic acids is 2.